The number of rotatable bonds is 4. The van der Waals surface area contributed by atoms with Crippen molar-refractivity contribution in [3.05, 3.63) is 23.8 Å². The monoisotopic (exact) mass is 287 g/mol. The zero-order valence-electron chi connectivity index (χ0n) is 12.5. The molecule has 0 spiro atoms. The third kappa shape index (κ3) is 2.95. The molecule has 0 saturated heterocycles. The number of nitrogens with zero attached hydrogens (tertiary/aromatic N) is 1. The van der Waals surface area contributed by atoms with Crippen molar-refractivity contribution in [1.82, 2.24) is 4.98 Å². The Morgan fingerprint density at radius 1 is 1.10 bits per heavy atom. The molecule has 0 amide bonds. The quantitative estimate of drug-likeness (QED) is 0.809. The molecule has 0 aliphatic heterocycles. The molecular formula is C16H17NO4. The molecule has 0 aliphatic carbocycles. The number of ether oxygens (including phenoxy) is 4. The largest absolute Gasteiger partial charge is 0.497 e. The molecule has 0 aliphatic rings. The molecule has 1 heterocycles. The highest BCUT2D eigenvalue weighted by molar-refractivity contribution is 5.89. The van der Waals surface area contributed by atoms with E-state index in [1.165, 1.54) is 0 Å². The normalized spacial score (nSPS) is 9.71. The summed E-state index contributed by atoms with van der Waals surface area (Å²) in [6.07, 6.45) is 2.61. The van der Waals surface area contributed by atoms with Gasteiger partial charge in [-0.25, -0.2) is 4.98 Å². The highest BCUT2D eigenvalue weighted by Gasteiger charge is 2.15. The second kappa shape index (κ2) is 6.71. The van der Waals surface area contributed by atoms with E-state index in [0.29, 0.717) is 35.1 Å². The Hall–Kier alpha value is -2.61. The predicted molar refractivity (Wildman–Crippen MR) is 79.9 cm³/mol. The Balaban J connectivity index is 2.69. The highest BCUT2D eigenvalue weighted by Crippen LogP contribution is 2.35. The molecule has 1 aromatic carbocycles. The van der Waals surface area contributed by atoms with Crippen molar-refractivity contribution in [2.75, 3.05) is 27.9 Å². The standard InChI is InChI=1S/C16H17NO4/c1-5-21-9-8-13-15(19-3)12-7-6-11(18-2)10-14(12)17-16(13)20-4/h6-7,10H,5H2,1-4H3. The third-order valence-corrected chi connectivity index (χ3v) is 2.90. The number of hydrogen-bond acceptors (Lipinski definition) is 5. The van der Waals surface area contributed by atoms with Crippen molar-refractivity contribution in [2.45, 2.75) is 6.92 Å². The van der Waals surface area contributed by atoms with Crippen molar-refractivity contribution in [3.63, 3.8) is 0 Å². The fraction of sp³-hybridized carbons (Fsp3) is 0.312. The first-order valence-electron chi connectivity index (χ1n) is 6.47. The van der Waals surface area contributed by atoms with Crippen molar-refractivity contribution < 1.29 is 18.9 Å². The van der Waals surface area contributed by atoms with Crippen LogP contribution in [0.5, 0.6) is 17.4 Å². The van der Waals surface area contributed by atoms with Gasteiger partial charge in [-0.3, -0.25) is 0 Å². The number of methoxy groups -OCH3 is 3. The predicted octanol–water partition coefficient (Wildman–Crippen LogP) is 2.61. The number of pyridine rings is 1. The maximum atomic E-state index is 5.49. The molecule has 2 rings (SSSR count). The van der Waals surface area contributed by atoms with Crippen LogP contribution in [0.25, 0.3) is 10.9 Å². The van der Waals surface area contributed by atoms with Crippen LogP contribution in [0.3, 0.4) is 0 Å². The molecule has 0 atom stereocenters. The summed E-state index contributed by atoms with van der Waals surface area (Å²) >= 11 is 0. The third-order valence-electron chi connectivity index (χ3n) is 2.90. The van der Waals surface area contributed by atoms with Crippen LogP contribution in [0.4, 0.5) is 0 Å². The molecule has 0 fully saturated rings. The lowest BCUT2D eigenvalue weighted by atomic mass is 10.1. The molecule has 21 heavy (non-hydrogen) atoms. The average molecular weight is 287 g/mol. The smallest absolute Gasteiger partial charge is 0.233 e. The summed E-state index contributed by atoms with van der Waals surface area (Å²) in [5.74, 6) is 4.60. The first-order chi connectivity index (χ1) is 10.2. The van der Waals surface area contributed by atoms with E-state index in [2.05, 4.69) is 17.0 Å². The maximum Gasteiger partial charge on any atom is 0.233 e. The minimum atomic E-state index is 0.389. The van der Waals surface area contributed by atoms with Gasteiger partial charge in [0.15, 0.2) is 0 Å². The van der Waals surface area contributed by atoms with Crippen LogP contribution in [-0.2, 0) is 4.74 Å². The van der Waals surface area contributed by atoms with Gasteiger partial charge in [-0.15, -0.1) is 0 Å². The highest BCUT2D eigenvalue weighted by atomic mass is 16.5. The van der Waals surface area contributed by atoms with Crippen LogP contribution in [0, 0.1) is 12.0 Å². The fourth-order valence-corrected chi connectivity index (χ4v) is 1.95. The molecule has 1 aromatic heterocycles. The van der Waals surface area contributed by atoms with Gasteiger partial charge in [-0.2, -0.15) is 0 Å². The molecule has 2 aromatic rings. The van der Waals surface area contributed by atoms with Crippen molar-refractivity contribution in [2.24, 2.45) is 0 Å². The lowest BCUT2D eigenvalue weighted by Gasteiger charge is -2.12. The summed E-state index contributed by atoms with van der Waals surface area (Å²) in [5.41, 5.74) is 1.27. The van der Waals surface area contributed by atoms with Gasteiger partial charge in [0.25, 0.3) is 0 Å². The molecular weight excluding hydrogens is 270 g/mol. The Kier molecular flexibility index (Phi) is 4.72. The molecule has 5 nitrogen and oxygen atoms in total. The van der Waals surface area contributed by atoms with Crippen LogP contribution < -0.4 is 14.2 Å². The zero-order valence-corrected chi connectivity index (χ0v) is 12.5. The van der Waals surface area contributed by atoms with Crippen molar-refractivity contribution in [1.29, 1.82) is 0 Å². The lowest BCUT2D eigenvalue weighted by molar-refractivity contribution is 0.299. The summed E-state index contributed by atoms with van der Waals surface area (Å²) in [6, 6.07) is 5.55. The topological polar surface area (TPSA) is 49.8 Å². The lowest BCUT2D eigenvalue weighted by Crippen LogP contribution is -1.98. The van der Waals surface area contributed by atoms with E-state index in [9.17, 15) is 0 Å². The van der Waals surface area contributed by atoms with Crippen LogP contribution in [0.2, 0.25) is 0 Å². The van der Waals surface area contributed by atoms with E-state index in [1.54, 1.807) is 21.3 Å². The van der Waals surface area contributed by atoms with Gasteiger partial charge in [0.1, 0.15) is 23.2 Å². The Morgan fingerprint density at radius 3 is 2.52 bits per heavy atom. The Morgan fingerprint density at radius 2 is 1.90 bits per heavy atom. The van der Waals surface area contributed by atoms with E-state index in [4.69, 9.17) is 18.9 Å². The summed E-state index contributed by atoms with van der Waals surface area (Å²) in [4.78, 5) is 4.45. The number of benzene rings is 1. The van der Waals surface area contributed by atoms with Gasteiger partial charge in [0, 0.05) is 11.5 Å². The number of hydrogen-bond donors (Lipinski definition) is 0. The van der Waals surface area contributed by atoms with Crippen LogP contribution in [0.15, 0.2) is 18.2 Å². The van der Waals surface area contributed by atoms with Gasteiger partial charge >= 0.3 is 0 Å². The first kappa shape index (κ1) is 14.8. The van der Waals surface area contributed by atoms with Gasteiger partial charge in [0.2, 0.25) is 5.88 Å². The Labute approximate surface area is 123 Å². The van der Waals surface area contributed by atoms with Gasteiger partial charge < -0.3 is 18.9 Å². The summed E-state index contributed by atoms with van der Waals surface area (Å²) < 4.78 is 21.1. The molecule has 0 bridgehead atoms. The average Bonchev–Trinajstić information content (AvgIpc) is 2.53. The number of aromatic nitrogens is 1. The van der Waals surface area contributed by atoms with Crippen LogP contribution >= 0.6 is 0 Å². The molecule has 0 N–H and O–H groups in total. The van der Waals surface area contributed by atoms with Gasteiger partial charge in [-0.1, -0.05) is 0 Å². The van der Waals surface area contributed by atoms with Crippen LogP contribution in [-0.4, -0.2) is 32.9 Å². The summed E-state index contributed by atoms with van der Waals surface area (Å²) in [5, 5.41) is 0.833. The second-order valence-electron chi connectivity index (χ2n) is 4.07. The van der Waals surface area contributed by atoms with Crippen molar-refractivity contribution in [3.8, 4) is 29.4 Å². The number of fused-ring (bicyclic) bond motifs is 1. The molecule has 110 valence electrons. The van der Waals surface area contributed by atoms with Crippen molar-refractivity contribution >= 4 is 10.9 Å². The SMILES string of the molecule is CCOC#Cc1c(OC)nc2cc(OC)ccc2c1OC. The molecule has 0 saturated carbocycles. The minimum absolute atomic E-state index is 0.389. The maximum absolute atomic E-state index is 5.49. The van der Waals surface area contributed by atoms with E-state index in [0.717, 1.165) is 5.39 Å². The van der Waals surface area contributed by atoms with Gasteiger partial charge in [0.05, 0.1) is 33.5 Å². The fourth-order valence-electron chi connectivity index (χ4n) is 1.95. The Bertz CT molecular complexity index is 701. The van der Waals surface area contributed by atoms with E-state index in [1.807, 2.05) is 25.1 Å². The summed E-state index contributed by atoms with van der Waals surface area (Å²) in [6.45, 7) is 2.38. The van der Waals surface area contributed by atoms with Gasteiger partial charge in [-0.05, 0) is 25.0 Å². The van der Waals surface area contributed by atoms with Crippen LogP contribution in [0.1, 0.15) is 12.5 Å². The van der Waals surface area contributed by atoms with E-state index < -0.39 is 0 Å². The van der Waals surface area contributed by atoms with E-state index >= 15 is 0 Å². The summed E-state index contributed by atoms with van der Waals surface area (Å²) in [7, 11) is 4.74. The molecule has 5 heteroatoms. The van der Waals surface area contributed by atoms with E-state index in [-0.39, 0.29) is 0 Å². The second-order valence-corrected chi connectivity index (χ2v) is 4.07. The molecule has 0 unspecified atom stereocenters. The minimum Gasteiger partial charge on any atom is -0.497 e. The molecule has 0 radical (unpaired) electrons. The first-order valence-corrected chi connectivity index (χ1v) is 6.47. The zero-order chi connectivity index (χ0) is 15.2.